The van der Waals surface area contributed by atoms with Gasteiger partial charge >= 0.3 is 0 Å². The molecule has 1 rings (SSSR count). The average molecular weight is 228 g/mol. The van der Waals surface area contributed by atoms with Crippen molar-refractivity contribution in [2.24, 2.45) is 0 Å². The second-order valence-electron chi connectivity index (χ2n) is 4.63. The molecule has 16 heavy (non-hydrogen) atoms. The van der Waals surface area contributed by atoms with Crippen molar-refractivity contribution in [3.8, 4) is 0 Å². The van der Waals surface area contributed by atoms with Gasteiger partial charge in [-0.1, -0.05) is 13.8 Å². The summed E-state index contributed by atoms with van der Waals surface area (Å²) in [7, 11) is 0. The first kappa shape index (κ1) is 13.9. The van der Waals surface area contributed by atoms with Gasteiger partial charge in [-0.05, 0) is 38.8 Å². The lowest BCUT2D eigenvalue weighted by atomic mass is 10.1. The molecular formula is C13H28N2O. The van der Waals surface area contributed by atoms with Crippen molar-refractivity contribution in [2.75, 3.05) is 39.3 Å². The highest BCUT2D eigenvalue weighted by Gasteiger charge is 2.12. The molecule has 0 aromatic rings. The number of nitrogens with one attached hydrogen (secondary N) is 1. The van der Waals surface area contributed by atoms with Crippen LogP contribution in [-0.2, 0) is 4.74 Å². The van der Waals surface area contributed by atoms with Gasteiger partial charge in [0.1, 0.15) is 0 Å². The quantitative estimate of drug-likeness (QED) is 0.642. The Morgan fingerprint density at radius 3 is 2.75 bits per heavy atom. The first-order valence-electron chi connectivity index (χ1n) is 6.91. The minimum atomic E-state index is 0.468. The maximum atomic E-state index is 5.68. The Hall–Kier alpha value is -0.120. The molecule has 0 amide bonds. The van der Waals surface area contributed by atoms with Crippen LogP contribution in [0.15, 0.2) is 0 Å². The maximum Gasteiger partial charge on any atom is 0.0699 e. The first-order valence-corrected chi connectivity index (χ1v) is 6.91. The number of nitrogens with zero attached hydrogens (tertiary/aromatic N) is 1. The molecule has 1 aliphatic rings. The minimum absolute atomic E-state index is 0.468. The molecule has 3 nitrogen and oxygen atoms in total. The number of hydrogen-bond acceptors (Lipinski definition) is 3. The summed E-state index contributed by atoms with van der Waals surface area (Å²) in [5, 5.41) is 3.51. The number of likely N-dealkylation sites (N-methyl/N-ethyl adjacent to an activating group) is 1. The zero-order valence-corrected chi connectivity index (χ0v) is 11.0. The minimum Gasteiger partial charge on any atom is -0.377 e. The van der Waals surface area contributed by atoms with Crippen molar-refractivity contribution in [1.82, 2.24) is 10.2 Å². The van der Waals surface area contributed by atoms with Crippen molar-refractivity contribution >= 4 is 0 Å². The van der Waals surface area contributed by atoms with Gasteiger partial charge in [0.05, 0.1) is 6.10 Å². The van der Waals surface area contributed by atoms with E-state index >= 15 is 0 Å². The Morgan fingerprint density at radius 2 is 2.12 bits per heavy atom. The van der Waals surface area contributed by atoms with Crippen molar-refractivity contribution < 1.29 is 4.74 Å². The van der Waals surface area contributed by atoms with Gasteiger partial charge in [-0.25, -0.2) is 0 Å². The Morgan fingerprint density at radius 1 is 1.25 bits per heavy atom. The Labute approximate surface area is 101 Å². The third-order valence-corrected chi connectivity index (χ3v) is 3.24. The maximum absolute atomic E-state index is 5.68. The van der Waals surface area contributed by atoms with E-state index < -0.39 is 0 Å². The number of rotatable bonds is 8. The SMILES string of the molecule is CCCN(CC)CCNCC1CCCCO1. The van der Waals surface area contributed by atoms with E-state index in [9.17, 15) is 0 Å². The van der Waals surface area contributed by atoms with Gasteiger partial charge in [-0.2, -0.15) is 0 Å². The highest BCUT2D eigenvalue weighted by atomic mass is 16.5. The highest BCUT2D eigenvalue weighted by molar-refractivity contribution is 4.67. The number of ether oxygens (including phenoxy) is 1. The molecule has 0 aromatic heterocycles. The van der Waals surface area contributed by atoms with Gasteiger partial charge in [-0.3, -0.25) is 0 Å². The van der Waals surface area contributed by atoms with Crippen LogP contribution in [0.4, 0.5) is 0 Å². The number of hydrogen-bond donors (Lipinski definition) is 1. The van der Waals surface area contributed by atoms with Crippen LogP contribution in [0, 0.1) is 0 Å². The molecule has 0 radical (unpaired) electrons. The van der Waals surface area contributed by atoms with Crippen LogP contribution in [-0.4, -0.2) is 50.3 Å². The Balaban J connectivity index is 1.97. The van der Waals surface area contributed by atoms with E-state index in [4.69, 9.17) is 4.74 Å². The molecular weight excluding hydrogens is 200 g/mol. The predicted molar refractivity (Wildman–Crippen MR) is 68.9 cm³/mol. The van der Waals surface area contributed by atoms with E-state index in [1.165, 1.54) is 32.2 Å². The third kappa shape index (κ3) is 5.83. The summed E-state index contributed by atoms with van der Waals surface area (Å²) in [4.78, 5) is 2.49. The van der Waals surface area contributed by atoms with Gasteiger partial charge in [-0.15, -0.1) is 0 Å². The molecule has 1 saturated heterocycles. The summed E-state index contributed by atoms with van der Waals surface area (Å²) >= 11 is 0. The molecule has 0 spiro atoms. The molecule has 0 bridgehead atoms. The largest absolute Gasteiger partial charge is 0.377 e. The lowest BCUT2D eigenvalue weighted by Crippen LogP contribution is -2.37. The van der Waals surface area contributed by atoms with Crippen molar-refractivity contribution in [2.45, 2.75) is 45.6 Å². The van der Waals surface area contributed by atoms with Crippen LogP contribution >= 0.6 is 0 Å². The van der Waals surface area contributed by atoms with E-state index in [-0.39, 0.29) is 0 Å². The standard InChI is InChI=1S/C13H28N2O/c1-3-9-15(4-2)10-8-14-12-13-7-5-6-11-16-13/h13-14H,3-12H2,1-2H3. The van der Waals surface area contributed by atoms with E-state index in [1.807, 2.05) is 0 Å². The first-order chi connectivity index (χ1) is 7.86. The van der Waals surface area contributed by atoms with Gasteiger partial charge in [0.2, 0.25) is 0 Å². The fraction of sp³-hybridized carbons (Fsp3) is 1.00. The van der Waals surface area contributed by atoms with Gasteiger partial charge in [0, 0.05) is 26.2 Å². The second kappa shape index (κ2) is 8.97. The molecule has 1 N–H and O–H groups in total. The van der Waals surface area contributed by atoms with Crippen LogP contribution in [0.2, 0.25) is 0 Å². The molecule has 3 heteroatoms. The molecule has 1 atom stereocenters. The second-order valence-corrected chi connectivity index (χ2v) is 4.63. The fourth-order valence-electron chi connectivity index (χ4n) is 2.21. The van der Waals surface area contributed by atoms with E-state index in [0.29, 0.717) is 6.10 Å². The summed E-state index contributed by atoms with van der Waals surface area (Å²) in [6.45, 7) is 11.1. The zero-order valence-electron chi connectivity index (χ0n) is 11.0. The summed E-state index contributed by atoms with van der Waals surface area (Å²) in [6, 6.07) is 0. The third-order valence-electron chi connectivity index (χ3n) is 3.24. The molecule has 0 aliphatic carbocycles. The van der Waals surface area contributed by atoms with E-state index in [0.717, 1.165) is 32.8 Å². The van der Waals surface area contributed by atoms with E-state index in [2.05, 4.69) is 24.1 Å². The Kier molecular flexibility index (Phi) is 7.81. The molecule has 0 saturated carbocycles. The molecule has 1 heterocycles. The van der Waals surface area contributed by atoms with E-state index in [1.54, 1.807) is 0 Å². The molecule has 1 unspecified atom stereocenters. The highest BCUT2D eigenvalue weighted by Crippen LogP contribution is 2.11. The van der Waals surface area contributed by atoms with Crippen LogP contribution in [0.3, 0.4) is 0 Å². The lowest BCUT2D eigenvalue weighted by molar-refractivity contribution is 0.0168. The van der Waals surface area contributed by atoms with Crippen LogP contribution in [0.25, 0.3) is 0 Å². The fourth-order valence-corrected chi connectivity index (χ4v) is 2.21. The van der Waals surface area contributed by atoms with Gasteiger partial charge < -0.3 is 15.0 Å². The molecule has 96 valence electrons. The molecule has 0 aromatic carbocycles. The van der Waals surface area contributed by atoms with Gasteiger partial charge in [0.15, 0.2) is 0 Å². The van der Waals surface area contributed by atoms with Gasteiger partial charge in [0.25, 0.3) is 0 Å². The summed E-state index contributed by atoms with van der Waals surface area (Å²) in [5.74, 6) is 0. The summed E-state index contributed by atoms with van der Waals surface area (Å²) < 4.78 is 5.68. The molecule has 1 fully saturated rings. The van der Waals surface area contributed by atoms with Crippen molar-refractivity contribution in [3.05, 3.63) is 0 Å². The summed E-state index contributed by atoms with van der Waals surface area (Å²) in [5.41, 5.74) is 0. The predicted octanol–water partition coefficient (Wildman–Crippen LogP) is 1.88. The van der Waals surface area contributed by atoms with Crippen molar-refractivity contribution in [1.29, 1.82) is 0 Å². The normalized spacial score (nSPS) is 21.6. The van der Waals surface area contributed by atoms with Crippen molar-refractivity contribution in [3.63, 3.8) is 0 Å². The molecule has 1 aliphatic heterocycles. The summed E-state index contributed by atoms with van der Waals surface area (Å²) in [6.07, 6.45) is 5.54. The topological polar surface area (TPSA) is 24.5 Å². The van der Waals surface area contributed by atoms with Crippen LogP contribution in [0.5, 0.6) is 0 Å². The van der Waals surface area contributed by atoms with Crippen LogP contribution < -0.4 is 5.32 Å². The van der Waals surface area contributed by atoms with Crippen LogP contribution in [0.1, 0.15) is 39.5 Å². The monoisotopic (exact) mass is 228 g/mol. The smallest absolute Gasteiger partial charge is 0.0699 e. The average Bonchev–Trinajstić information content (AvgIpc) is 2.34. The zero-order chi connectivity index (χ0) is 11.6. The Bertz CT molecular complexity index is 151. The lowest BCUT2D eigenvalue weighted by Gasteiger charge is -2.24.